The lowest BCUT2D eigenvalue weighted by atomic mass is 9.64. The molecule has 4 nitrogen and oxygen atoms in total. The third-order valence-electron chi connectivity index (χ3n) is 3.71. The second-order valence-corrected chi connectivity index (χ2v) is 6.53. The topological polar surface area (TPSA) is 50.4 Å². The van der Waals surface area contributed by atoms with Crippen molar-refractivity contribution in [3.8, 4) is 0 Å². The molecule has 1 saturated carbocycles. The summed E-state index contributed by atoms with van der Waals surface area (Å²) < 4.78 is 5.28. The molecule has 1 unspecified atom stereocenters. The second kappa shape index (κ2) is 4.48. The van der Waals surface area contributed by atoms with Crippen molar-refractivity contribution >= 4 is 6.09 Å². The first-order chi connectivity index (χ1) is 7.89. The fourth-order valence-corrected chi connectivity index (χ4v) is 2.81. The monoisotopic (exact) mass is 240 g/mol. The van der Waals surface area contributed by atoms with Crippen LogP contribution < -0.4 is 10.6 Å². The number of rotatable bonds is 1. The zero-order chi connectivity index (χ0) is 12.5. The molecule has 1 amide bonds. The van der Waals surface area contributed by atoms with E-state index in [9.17, 15) is 4.79 Å². The van der Waals surface area contributed by atoms with Crippen LogP contribution in [0.1, 0.15) is 46.5 Å². The van der Waals surface area contributed by atoms with Gasteiger partial charge in [0.1, 0.15) is 5.60 Å². The number of alkyl carbamates (subject to hydrolysis) is 1. The van der Waals surface area contributed by atoms with Gasteiger partial charge in [-0.2, -0.15) is 0 Å². The van der Waals surface area contributed by atoms with E-state index >= 15 is 0 Å². The summed E-state index contributed by atoms with van der Waals surface area (Å²) in [7, 11) is 0. The summed E-state index contributed by atoms with van der Waals surface area (Å²) in [5.41, 5.74) is 0.0399. The quantitative estimate of drug-likeness (QED) is 0.737. The van der Waals surface area contributed by atoms with Crippen molar-refractivity contribution in [1.29, 1.82) is 0 Å². The lowest BCUT2D eigenvalue weighted by Crippen LogP contribution is -2.56. The van der Waals surface area contributed by atoms with E-state index in [-0.39, 0.29) is 12.1 Å². The van der Waals surface area contributed by atoms with Gasteiger partial charge in [-0.25, -0.2) is 4.79 Å². The van der Waals surface area contributed by atoms with Crippen LogP contribution in [0.3, 0.4) is 0 Å². The van der Waals surface area contributed by atoms with Crippen LogP contribution in [0.15, 0.2) is 0 Å². The Balaban J connectivity index is 1.80. The first-order valence-corrected chi connectivity index (χ1v) is 6.59. The molecule has 0 aromatic carbocycles. The van der Waals surface area contributed by atoms with Crippen molar-refractivity contribution in [2.75, 3.05) is 13.1 Å². The molecule has 1 heterocycles. The van der Waals surface area contributed by atoms with E-state index in [0.717, 1.165) is 19.5 Å². The maximum atomic E-state index is 11.7. The van der Waals surface area contributed by atoms with Crippen molar-refractivity contribution < 1.29 is 9.53 Å². The van der Waals surface area contributed by atoms with Gasteiger partial charge in [-0.1, -0.05) is 6.42 Å². The van der Waals surface area contributed by atoms with Gasteiger partial charge in [-0.3, -0.25) is 0 Å². The number of nitrogens with one attached hydrogen (secondary N) is 2. The van der Waals surface area contributed by atoms with Crippen molar-refractivity contribution in [2.24, 2.45) is 5.41 Å². The first kappa shape index (κ1) is 12.7. The molecule has 1 aliphatic heterocycles. The van der Waals surface area contributed by atoms with E-state index in [0.29, 0.717) is 5.41 Å². The number of carbonyl (C=O) groups is 1. The fourth-order valence-electron chi connectivity index (χ4n) is 2.81. The van der Waals surface area contributed by atoms with E-state index in [2.05, 4.69) is 10.6 Å². The van der Waals surface area contributed by atoms with Gasteiger partial charge in [0.2, 0.25) is 0 Å². The Hall–Kier alpha value is -0.770. The minimum Gasteiger partial charge on any atom is -0.444 e. The third-order valence-corrected chi connectivity index (χ3v) is 3.71. The van der Waals surface area contributed by atoms with E-state index in [1.165, 1.54) is 19.3 Å². The molecule has 2 rings (SSSR count). The predicted octanol–water partition coefficient (Wildman–Crippen LogP) is 2.04. The third kappa shape index (κ3) is 3.35. The minimum atomic E-state index is -0.416. The highest BCUT2D eigenvalue weighted by Gasteiger charge is 2.41. The molecule has 98 valence electrons. The largest absolute Gasteiger partial charge is 0.444 e. The molecule has 2 fully saturated rings. The van der Waals surface area contributed by atoms with Gasteiger partial charge in [0.25, 0.3) is 0 Å². The summed E-state index contributed by atoms with van der Waals surface area (Å²) in [5.74, 6) is 0. The standard InChI is InChI=1S/C13H24N2O2/c1-12(2,3)17-11(16)15-10-7-13(5-4-6-13)9-14-8-10/h10,14H,4-9H2,1-3H3,(H,15,16). The normalized spacial score (nSPS) is 27.4. The molecule has 4 heteroatoms. The maximum absolute atomic E-state index is 11.7. The molecule has 2 aliphatic rings. The smallest absolute Gasteiger partial charge is 0.407 e. The summed E-state index contributed by atoms with van der Waals surface area (Å²) in [6, 6.07) is 0.221. The van der Waals surface area contributed by atoms with Crippen LogP contribution in [0.2, 0.25) is 0 Å². The van der Waals surface area contributed by atoms with Gasteiger partial charge in [-0.05, 0) is 45.4 Å². The molecule has 1 aliphatic carbocycles. The number of hydrogen-bond acceptors (Lipinski definition) is 3. The van der Waals surface area contributed by atoms with Crippen molar-refractivity contribution in [1.82, 2.24) is 10.6 Å². The summed E-state index contributed by atoms with van der Waals surface area (Å²) in [5, 5.41) is 6.40. The Morgan fingerprint density at radius 3 is 2.65 bits per heavy atom. The van der Waals surface area contributed by atoms with Crippen LogP contribution in [0.5, 0.6) is 0 Å². The molecule has 1 spiro atoms. The van der Waals surface area contributed by atoms with Crippen LogP contribution in [-0.2, 0) is 4.74 Å². The molecule has 0 radical (unpaired) electrons. The molecule has 2 N–H and O–H groups in total. The summed E-state index contributed by atoms with van der Waals surface area (Å²) in [6.45, 7) is 7.64. The Morgan fingerprint density at radius 1 is 1.41 bits per heavy atom. The van der Waals surface area contributed by atoms with Crippen molar-refractivity contribution in [3.63, 3.8) is 0 Å². The zero-order valence-corrected chi connectivity index (χ0v) is 11.1. The Bertz CT molecular complexity index is 292. The van der Waals surface area contributed by atoms with E-state index in [1.807, 2.05) is 20.8 Å². The Morgan fingerprint density at radius 2 is 2.12 bits per heavy atom. The molecule has 1 saturated heterocycles. The molecular formula is C13H24N2O2. The first-order valence-electron chi connectivity index (χ1n) is 6.59. The van der Waals surface area contributed by atoms with E-state index in [4.69, 9.17) is 4.74 Å². The van der Waals surface area contributed by atoms with Gasteiger partial charge in [0.15, 0.2) is 0 Å². The average molecular weight is 240 g/mol. The highest BCUT2D eigenvalue weighted by atomic mass is 16.6. The van der Waals surface area contributed by atoms with Crippen LogP contribution in [0, 0.1) is 5.41 Å². The van der Waals surface area contributed by atoms with Gasteiger partial charge in [0.05, 0.1) is 0 Å². The van der Waals surface area contributed by atoms with Gasteiger partial charge in [-0.15, -0.1) is 0 Å². The number of ether oxygens (including phenoxy) is 1. The number of hydrogen-bond donors (Lipinski definition) is 2. The number of piperidine rings is 1. The summed E-state index contributed by atoms with van der Waals surface area (Å²) in [4.78, 5) is 11.7. The summed E-state index contributed by atoms with van der Waals surface area (Å²) in [6.07, 6.45) is 4.74. The SMILES string of the molecule is CC(C)(C)OC(=O)NC1CNCC2(CCC2)C1. The van der Waals surface area contributed by atoms with Crippen LogP contribution in [0.4, 0.5) is 4.79 Å². The van der Waals surface area contributed by atoms with Gasteiger partial charge < -0.3 is 15.4 Å². The summed E-state index contributed by atoms with van der Waals surface area (Å²) >= 11 is 0. The zero-order valence-electron chi connectivity index (χ0n) is 11.1. The molecule has 0 aromatic heterocycles. The lowest BCUT2D eigenvalue weighted by molar-refractivity contribution is 0.0388. The van der Waals surface area contributed by atoms with Gasteiger partial charge in [0, 0.05) is 19.1 Å². The molecule has 1 atom stereocenters. The second-order valence-electron chi connectivity index (χ2n) is 6.53. The Labute approximate surface area is 103 Å². The molecule has 0 bridgehead atoms. The van der Waals surface area contributed by atoms with Crippen LogP contribution in [-0.4, -0.2) is 30.8 Å². The highest BCUT2D eigenvalue weighted by molar-refractivity contribution is 5.68. The molecule has 17 heavy (non-hydrogen) atoms. The lowest BCUT2D eigenvalue weighted by Gasteiger charge is -2.47. The number of amides is 1. The van der Waals surface area contributed by atoms with E-state index < -0.39 is 5.60 Å². The molecular weight excluding hydrogens is 216 g/mol. The average Bonchev–Trinajstić information content (AvgIpc) is 2.12. The van der Waals surface area contributed by atoms with Crippen molar-refractivity contribution in [3.05, 3.63) is 0 Å². The highest BCUT2D eigenvalue weighted by Crippen LogP contribution is 2.45. The predicted molar refractivity (Wildman–Crippen MR) is 66.9 cm³/mol. The fraction of sp³-hybridized carbons (Fsp3) is 0.923. The van der Waals surface area contributed by atoms with Crippen molar-refractivity contribution in [2.45, 2.75) is 58.1 Å². The molecule has 0 aromatic rings. The number of carbonyl (C=O) groups excluding carboxylic acids is 1. The van der Waals surface area contributed by atoms with Gasteiger partial charge >= 0.3 is 6.09 Å². The maximum Gasteiger partial charge on any atom is 0.407 e. The minimum absolute atomic E-state index is 0.221. The van der Waals surface area contributed by atoms with Crippen LogP contribution >= 0.6 is 0 Å². The van der Waals surface area contributed by atoms with E-state index in [1.54, 1.807) is 0 Å². The Kier molecular flexibility index (Phi) is 3.34. The van der Waals surface area contributed by atoms with Crippen LogP contribution in [0.25, 0.3) is 0 Å².